The Kier molecular flexibility index (Phi) is 5.65. The Balaban J connectivity index is 1.67. The average molecular weight is 249 g/mol. The van der Waals surface area contributed by atoms with Gasteiger partial charge in [0.25, 0.3) is 0 Å². The molecule has 18 heavy (non-hydrogen) atoms. The standard InChI is InChI=1S/C15H23NO2/c1-17-12-14-5-2-4-13(10-14)11-16-8-7-15-6-3-9-18-15/h2,4-5,10,15-16H,3,6-9,11-12H2,1H3. The minimum atomic E-state index is 0.484. The second kappa shape index (κ2) is 7.52. The summed E-state index contributed by atoms with van der Waals surface area (Å²) in [5.74, 6) is 0. The van der Waals surface area contributed by atoms with Gasteiger partial charge in [0, 0.05) is 20.3 Å². The van der Waals surface area contributed by atoms with Crippen molar-refractivity contribution in [3.05, 3.63) is 35.4 Å². The van der Waals surface area contributed by atoms with Crippen LogP contribution >= 0.6 is 0 Å². The lowest BCUT2D eigenvalue weighted by molar-refractivity contribution is 0.104. The van der Waals surface area contributed by atoms with E-state index in [-0.39, 0.29) is 0 Å². The Morgan fingerprint density at radius 1 is 1.39 bits per heavy atom. The van der Waals surface area contributed by atoms with Crippen LogP contribution in [0.25, 0.3) is 0 Å². The Bertz CT molecular complexity index is 348. The van der Waals surface area contributed by atoms with Gasteiger partial charge in [-0.15, -0.1) is 0 Å². The van der Waals surface area contributed by atoms with E-state index in [0.29, 0.717) is 12.7 Å². The highest BCUT2D eigenvalue weighted by atomic mass is 16.5. The van der Waals surface area contributed by atoms with Gasteiger partial charge in [-0.2, -0.15) is 0 Å². The molecule has 0 spiro atoms. The molecule has 0 aromatic heterocycles. The summed E-state index contributed by atoms with van der Waals surface area (Å²) in [5, 5.41) is 3.48. The molecule has 1 N–H and O–H groups in total. The van der Waals surface area contributed by atoms with Crippen LogP contribution in [0.3, 0.4) is 0 Å². The van der Waals surface area contributed by atoms with Gasteiger partial charge in [-0.3, -0.25) is 0 Å². The SMILES string of the molecule is COCc1cccc(CNCCC2CCCO2)c1. The Labute approximate surface area is 109 Å². The largest absolute Gasteiger partial charge is 0.380 e. The number of rotatable bonds is 7. The van der Waals surface area contributed by atoms with Crippen molar-refractivity contribution in [2.45, 2.75) is 38.5 Å². The zero-order valence-electron chi connectivity index (χ0n) is 11.2. The predicted molar refractivity (Wildman–Crippen MR) is 72.5 cm³/mol. The highest BCUT2D eigenvalue weighted by Gasteiger charge is 2.14. The molecule has 0 saturated carbocycles. The monoisotopic (exact) mass is 249 g/mol. The smallest absolute Gasteiger partial charge is 0.0713 e. The topological polar surface area (TPSA) is 30.5 Å². The fourth-order valence-electron chi connectivity index (χ4n) is 2.36. The van der Waals surface area contributed by atoms with Crippen molar-refractivity contribution in [2.24, 2.45) is 0 Å². The highest BCUT2D eigenvalue weighted by Crippen LogP contribution is 2.14. The molecule has 1 heterocycles. The van der Waals surface area contributed by atoms with Gasteiger partial charge in [0.05, 0.1) is 12.7 Å². The van der Waals surface area contributed by atoms with E-state index in [1.54, 1.807) is 7.11 Å². The Morgan fingerprint density at radius 3 is 3.06 bits per heavy atom. The highest BCUT2D eigenvalue weighted by molar-refractivity contribution is 5.22. The molecule has 1 saturated heterocycles. The first-order valence-electron chi connectivity index (χ1n) is 6.77. The second-order valence-electron chi connectivity index (χ2n) is 4.85. The summed E-state index contributed by atoms with van der Waals surface area (Å²) in [6.07, 6.45) is 4.06. The molecule has 1 aromatic carbocycles. The Morgan fingerprint density at radius 2 is 2.28 bits per heavy atom. The third-order valence-electron chi connectivity index (χ3n) is 3.30. The Hall–Kier alpha value is -0.900. The van der Waals surface area contributed by atoms with E-state index in [2.05, 4.69) is 29.6 Å². The van der Waals surface area contributed by atoms with E-state index in [0.717, 1.165) is 26.1 Å². The van der Waals surface area contributed by atoms with E-state index in [1.807, 2.05) is 0 Å². The van der Waals surface area contributed by atoms with Crippen LogP contribution in [0.4, 0.5) is 0 Å². The number of methoxy groups -OCH3 is 1. The maximum atomic E-state index is 5.60. The average Bonchev–Trinajstić information content (AvgIpc) is 2.89. The lowest BCUT2D eigenvalue weighted by Crippen LogP contribution is -2.19. The molecular formula is C15H23NO2. The van der Waals surface area contributed by atoms with Crippen LogP contribution in [-0.4, -0.2) is 26.4 Å². The molecule has 1 unspecified atom stereocenters. The molecule has 3 nitrogen and oxygen atoms in total. The first-order valence-corrected chi connectivity index (χ1v) is 6.77. The van der Waals surface area contributed by atoms with Crippen molar-refractivity contribution in [1.82, 2.24) is 5.32 Å². The normalized spacial score (nSPS) is 19.3. The fourth-order valence-corrected chi connectivity index (χ4v) is 2.36. The summed E-state index contributed by atoms with van der Waals surface area (Å²) in [7, 11) is 1.73. The first-order chi connectivity index (χ1) is 8.88. The summed E-state index contributed by atoms with van der Waals surface area (Å²) in [4.78, 5) is 0. The fraction of sp³-hybridized carbons (Fsp3) is 0.600. The minimum absolute atomic E-state index is 0.484. The maximum absolute atomic E-state index is 5.60. The van der Waals surface area contributed by atoms with E-state index >= 15 is 0 Å². The first kappa shape index (κ1) is 13.5. The summed E-state index contributed by atoms with van der Waals surface area (Å²) in [5.41, 5.74) is 2.55. The van der Waals surface area contributed by atoms with Gasteiger partial charge < -0.3 is 14.8 Å². The summed E-state index contributed by atoms with van der Waals surface area (Å²) >= 11 is 0. The van der Waals surface area contributed by atoms with Crippen LogP contribution in [0.1, 0.15) is 30.4 Å². The molecule has 3 heteroatoms. The van der Waals surface area contributed by atoms with Gasteiger partial charge >= 0.3 is 0 Å². The van der Waals surface area contributed by atoms with Crippen LogP contribution in [0.2, 0.25) is 0 Å². The molecule has 1 aromatic rings. The molecule has 1 atom stereocenters. The van der Waals surface area contributed by atoms with Crippen LogP contribution in [0, 0.1) is 0 Å². The molecular weight excluding hydrogens is 226 g/mol. The lowest BCUT2D eigenvalue weighted by atomic mass is 10.1. The van der Waals surface area contributed by atoms with Crippen molar-refractivity contribution in [2.75, 3.05) is 20.3 Å². The van der Waals surface area contributed by atoms with Gasteiger partial charge in [0.2, 0.25) is 0 Å². The second-order valence-corrected chi connectivity index (χ2v) is 4.85. The molecule has 2 rings (SSSR count). The lowest BCUT2D eigenvalue weighted by Gasteiger charge is -2.10. The molecule has 0 amide bonds. The van der Waals surface area contributed by atoms with Gasteiger partial charge in [0.1, 0.15) is 0 Å². The molecule has 100 valence electrons. The summed E-state index contributed by atoms with van der Waals surface area (Å²) < 4.78 is 10.7. The number of ether oxygens (including phenoxy) is 2. The van der Waals surface area contributed by atoms with Gasteiger partial charge in [0.15, 0.2) is 0 Å². The molecule has 0 aliphatic carbocycles. The third kappa shape index (κ3) is 4.41. The van der Waals surface area contributed by atoms with Crippen LogP contribution in [0.5, 0.6) is 0 Å². The number of benzene rings is 1. The summed E-state index contributed by atoms with van der Waals surface area (Å²) in [6, 6.07) is 8.53. The maximum Gasteiger partial charge on any atom is 0.0713 e. The van der Waals surface area contributed by atoms with Gasteiger partial charge in [-0.25, -0.2) is 0 Å². The molecule has 1 aliphatic rings. The minimum Gasteiger partial charge on any atom is -0.380 e. The van der Waals surface area contributed by atoms with E-state index < -0.39 is 0 Å². The van der Waals surface area contributed by atoms with Crippen molar-refractivity contribution >= 4 is 0 Å². The summed E-state index contributed by atoms with van der Waals surface area (Å²) in [6.45, 7) is 3.58. The van der Waals surface area contributed by atoms with E-state index in [4.69, 9.17) is 9.47 Å². The number of hydrogen-bond acceptors (Lipinski definition) is 3. The van der Waals surface area contributed by atoms with E-state index in [1.165, 1.54) is 24.0 Å². The van der Waals surface area contributed by atoms with Crippen molar-refractivity contribution < 1.29 is 9.47 Å². The predicted octanol–water partition coefficient (Wildman–Crippen LogP) is 2.49. The number of hydrogen-bond donors (Lipinski definition) is 1. The molecule has 1 fully saturated rings. The van der Waals surface area contributed by atoms with Crippen molar-refractivity contribution in [1.29, 1.82) is 0 Å². The zero-order chi connectivity index (χ0) is 12.6. The quantitative estimate of drug-likeness (QED) is 0.753. The van der Waals surface area contributed by atoms with Crippen LogP contribution in [-0.2, 0) is 22.6 Å². The van der Waals surface area contributed by atoms with Gasteiger partial charge in [-0.1, -0.05) is 24.3 Å². The van der Waals surface area contributed by atoms with Gasteiger partial charge in [-0.05, 0) is 36.9 Å². The van der Waals surface area contributed by atoms with Crippen LogP contribution < -0.4 is 5.32 Å². The van der Waals surface area contributed by atoms with E-state index in [9.17, 15) is 0 Å². The third-order valence-corrected chi connectivity index (χ3v) is 3.30. The molecule has 1 aliphatic heterocycles. The van der Waals surface area contributed by atoms with Crippen molar-refractivity contribution in [3.63, 3.8) is 0 Å². The van der Waals surface area contributed by atoms with Crippen LogP contribution in [0.15, 0.2) is 24.3 Å². The number of nitrogens with one attached hydrogen (secondary N) is 1. The zero-order valence-corrected chi connectivity index (χ0v) is 11.2. The van der Waals surface area contributed by atoms with Crippen molar-refractivity contribution in [3.8, 4) is 0 Å². The molecule has 0 bridgehead atoms. The molecule has 0 radical (unpaired) electrons.